The molecule has 0 saturated heterocycles. The van der Waals surface area contributed by atoms with Gasteiger partial charge in [-0.3, -0.25) is 19.2 Å². The molecule has 3 amide bonds. The molecule has 9 heteroatoms. The highest BCUT2D eigenvalue weighted by molar-refractivity contribution is 5.91. The zero-order chi connectivity index (χ0) is 21.3. The fraction of sp³-hybridized carbons (Fsp3) is 0.474. The normalized spacial score (nSPS) is 13.7. The average Bonchev–Trinajstić information content (AvgIpc) is 2.60. The summed E-state index contributed by atoms with van der Waals surface area (Å²) in [6.45, 7) is 4.63. The highest BCUT2D eigenvalue weighted by atomic mass is 19.1. The Morgan fingerprint density at radius 1 is 1.18 bits per heavy atom. The lowest BCUT2D eigenvalue weighted by molar-refractivity contribution is -0.148. The Labute approximate surface area is 163 Å². The minimum absolute atomic E-state index is 0.0160. The smallest absolute Gasteiger partial charge is 0.308 e. The van der Waals surface area contributed by atoms with Crippen molar-refractivity contribution in [2.75, 3.05) is 6.61 Å². The van der Waals surface area contributed by atoms with Gasteiger partial charge in [-0.05, 0) is 31.0 Å². The van der Waals surface area contributed by atoms with E-state index in [1.54, 1.807) is 19.9 Å². The molecule has 0 aromatic heterocycles. The van der Waals surface area contributed by atoms with Crippen molar-refractivity contribution in [2.24, 2.45) is 11.7 Å². The summed E-state index contributed by atoms with van der Waals surface area (Å²) < 4.78 is 18.3. The molecule has 0 aliphatic heterocycles. The fourth-order valence-electron chi connectivity index (χ4n) is 2.61. The standard InChI is InChI=1S/C19H26FN3O5/c1-4-28-19(27)11(2)8-15(17(21)25)23-18(26)16(22-12(3)24)10-13-6-5-7-14(20)9-13/h5-7,9,11,15-16H,4,8,10H2,1-3H3,(H2,21,25)(H,22,24)(H,23,26)/t11-,15+,16+/m1/s1. The molecule has 1 aromatic rings. The monoisotopic (exact) mass is 395 g/mol. The lowest BCUT2D eigenvalue weighted by Gasteiger charge is -2.23. The third kappa shape index (κ3) is 7.73. The third-order valence-corrected chi connectivity index (χ3v) is 3.96. The molecular formula is C19H26FN3O5. The summed E-state index contributed by atoms with van der Waals surface area (Å²) in [6, 6.07) is 3.43. The number of benzene rings is 1. The van der Waals surface area contributed by atoms with Gasteiger partial charge in [-0.1, -0.05) is 19.1 Å². The van der Waals surface area contributed by atoms with Crippen molar-refractivity contribution in [2.45, 2.75) is 45.7 Å². The number of esters is 1. The molecule has 28 heavy (non-hydrogen) atoms. The molecule has 0 radical (unpaired) electrons. The quantitative estimate of drug-likeness (QED) is 0.495. The first-order valence-electron chi connectivity index (χ1n) is 8.91. The Morgan fingerprint density at radius 3 is 2.39 bits per heavy atom. The molecule has 1 aromatic carbocycles. The predicted molar refractivity (Wildman–Crippen MR) is 99.2 cm³/mol. The third-order valence-electron chi connectivity index (χ3n) is 3.96. The van der Waals surface area contributed by atoms with Crippen LogP contribution in [0.15, 0.2) is 24.3 Å². The van der Waals surface area contributed by atoms with Gasteiger partial charge in [0.05, 0.1) is 12.5 Å². The molecule has 0 fully saturated rings. The predicted octanol–water partition coefficient (Wildman–Crippen LogP) is 0.432. The van der Waals surface area contributed by atoms with Crippen molar-refractivity contribution in [3.63, 3.8) is 0 Å². The first-order valence-corrected chi connectivity index (χ1v) is 8.91. The zero-order valence-corrected chi connectivity index (χ0v) is 16.2. The minimum atomic E-state index is -1.13. The van der Waals surface area contributed by atoms with Gasteiger partial charge in [0, 0.05) is 13.3 Å². The van der Waals surface area contributed by atoms with Gasteiger partial charge in [0.2, 0.25) is 17.7 Å². The van der Waals surface area contributed by atoms with Crippen LogP contribution in [0.5, 0.6) is 0 Å². The molecule has 4 N–H and O–H groups in total. The Balaban J connectivity index is 2.88. The maximum Gasteiger partial charge on any atom is 0.308 e. The number of halogens is 1. The van der Waals surface area contributed by atoms with Crippen LogP contribution in [0, 0.1) is 11.7 Å². The number of carbonyl (C=O) groups excluding carboxylic acids is 4. The van der Waals surface area contributed by atoms with Crippen LogP contribution in [0.4, 0.5) is 4.39 Å². The van der Waals surface area contributed by atoms with Crippen LogP contribution < -0.4 is 16.4 Å². The summed E-state index contributed by atoms with van der Waals surface area (Å²) in [4.78, 5) is 47.5. The Morgan fingerprint density at radius 2 is 1.86 bits per heavy atom. The van der Waals surface area contributed by atoms with E-state index in [4.69, 9.17) is 10.5 Å². The molecule has 3 atom stereocenters. The van der Waals surface area contributed by atoms with Gasteiger partial charge in [-0.2, -0.15) is 0 Å². The van der Waals surface area contributed by atoms with E-state index in [1.807, 2.05) is 0 Å². The summed E-state index contributed by atoms with van der Waals surface area (Å²) in [7, 11) is 0. The number of ether oxygens (including phenoxy) is 1. The van der Waals surface area contributed by atoms with Crippen LogP contribution in [-0.2, 0) is 30.3 Å². The maximum absolute atomic E-state index is 13.4. The minimum Gasteiger partial charge on any atom is -0.466 e. The van der Waals surface area contributed by atoms with Crippen molar-refractivity contribution in [1.29, 1.82) is 0 Å². The largest absolute Gasteiger partial charge is 0.466 e. The number of nitrogens with two attached hydrogens (primary N) is 1. The summed E-state index contributed by atoms with van der Waals surface area (Å²) in [5.41, 5.74) is 5.83. The van der Waals surface area contributed by atoms with Gasteiger partial charge < -0.3 is 21.1 Å². The molecule has 0 bridgehead atoms. The van der Waals surface area contributed by atoms with Crippen LogP contribution in [0.3, 0.4) is 0 Å². The second-order valence-corrected chi connectivity index (χ2v) is 6.44. The number of hydrogen-bond donors (Lipinski definition) is 3. The average molecular weight is 395 g/mol. The van der Waals surface area contributed by atoms with Crippen molar-refractivity contribution in [1.82, 2.24) is 10.6 Å². The fourth-order valence-corrected chi connectivity index (χ4v) is 2.61. The van der Waals surface area contributed by atoms with Crippen molar-refractivity contribution < 1.29 is 28.3 Å². The molecular weight excluding hydrogens is 369 g/mol. The molecule has 8 nitrogen and oxygen atoms in total. The Hall–Kier alpha value is -2.97. The van der Waals surface area contributed by atoms with Crippen LogP contribution in [0.2, 0.25) is 0 Å². The number of carbonyl (C=O) groups is 4. The van der Waals surface area contributed by atoms with E-state index in [1.165, 1.54) is 25.1 Å². The summed E-state index contributed by atoms with van der Waals surface area (Å²) >= 11 is 0. The van der Waals surface area contributed by atoms with Crippen molar-refractivity contribution in [3.8, 4) is 0 Å². The maximum atomic E-state index is 13.4. The molecule has 1 rings (SSSR count). The number of primary amides is 1. The molecule has 154 valence electrons. The van der Waals surface area contributed by atoms with Gasteiger partial charge in [-0.15, -0.1) is 0 Å². The Bertz CT molecular complexity index is 725. The van der Waals surface area contributed by atoms with E-state index in [2.05, 4.69) is 10.6 Å². The van der Waals surface area contributed by atoms with E-state index >= 15 is 0 Å². The molecule has 0 saturated carbocycles. The van der Waals surface area contributed by atoms with E-state index < -0.39 is 47.5 Å². The van der Waals surface area contributed by atoms with Gasteiger partial charge >= 0.3 is 5.97 Å². The topological polar surface area (TPSA) is 128 Å². The van der Waals surface area contributed by atoms with E-state index in [0.29, 0.717) is 5.56 Å². The molecule has 0 heterocycles. The van der Waals surface area contributed by atoms with Gasteiger partial charge in [0.25, 0.3) is 0 Å². The second-order valence-electron chi connectivity index (χ2n) is 6.44. The highest BCUT2D eigenvalue weighted by Gasteiger charge is 2.28. The van der Waals surface area contributed by atoms with E-state index in [9.17, 15) is 23.6 Å². The summed E-state index contributed by atoms with van der Waals surface area (Å²) in [5.74, 6) is -3.61. The molecule has 0 unspecified atom stereocenters. The molecule has 0 aliphatic carbocycles. The van der Waals surface area contributed by atoms with Gasteiger partial charge in [0.15, 0.2) is 0 Å². The van der Waals surface area contributed by atoms with Crippen LogP contribution in [0.1, 0.15) is 32.8 Å². The molecule has 0 spiro atoms. The van der Waals surface area contributed by atoms with Gasteiger partial charge in [0.1, 0.15) is 17.9 Å². The van der Waals surface area contributed by atoms with Crippen molar-refractivity contribution >= 4 is 23.7 Å². The van der Waals surface area contributed by atoms with Crippen LogP contribution in [-0.4, -0.2) is 42.4 Å². The van der Waals surface area contributed by atoms with E-state index in [-0.39, 0.29) is 19.4 Å². The zero-order valence-electron chi connectivity index (χ0n) is 16.2. The number of hydrogen-bond acceptors (Lipinski definition) is 5. The summed E-state index contributed by atoms with van der Waals surface area (Å²) in [6.07, 6.45) is -0.0330. The lowest BCUT2D eigenvalue weighted by Crippen LogP contribution is -2.54. The number of amides is 3. The molecule has 0 aliphatic rings. The van der Waals surface area contributed by atoms with E-state index in [0.717, 1.165) is 0 Å². The number of nitrogens with one attached hydrogen (secondary N) is 2. The second kappa shape index (κ2) is 11.0. The van der Waals surface area contributed by atoms with Crippen LogP contribution >= 0.6 is 0 Å². The number of rotatable bonds is 10. The SMILES string of the molecule is CCOC(=O)[C@H](C)C[C@H](NC(=O)[C@H](Cc1cccc(F)c1)NC(C)=O)C(N)=O. The van der Waals surface area contributed by atoms with Crippen LogP contribution in [0.25, 0.3) is 0 Å². The summed E-state index contributed by atoms with van der Waals surface area (Å²) in [5, 5.41) is 4.93. The van der Waals surface area contributed by atoms with Gasteiger partial charge in [-0.25, -0.2) is 4.39 Å². The van der Waals surface area contributed by atoms with Crippen molar-refractivity contribution in [3.05, 3.63) is 35.6 Å². The first kappa shape index (κ1) is 23.1. The lowest BCUT2D eigenvalue weighted by atomic mass is 10.00. The highest BCUT2D eigenvalue weighted by Crippen LogP contribution is 2.11. The Kier molecular flexibility index (Phi) is 9.07. The first-order chi connectivity index (χ1) is 13.1.